The van der Waals surface area contributed by atoms with Crippen molar-refractivity contribution in [3.05, 3.63) is 17.5 Å². The van der Waals surface area contributed by atoms with Crippen LogP contribution in [0.4, 0.5) is 14.6 Å². The molecule has 1 aromatic heterocycles. The summed E-state index contributed by atoms with van der Waals surface area (Å²) in [7, 11) is 0. The molecule has 0 saturated heterocycles. The van der Waals surface area contributed by atoms with E-state index < -0.39 is 19.0 Å². The SMILES string of the molecule is NCC(F)(F)CNc1cncc(Cl)n1. The summed E-state index contributed by atoms with van der Waals surface area (Å²) in [6.45, 7) is -1.30. The van der Waals surface area contributed by atoms with Crippen molar-refractivity contribution in [1.29, 1.82) is 0 Å². The fourth-order valence-corrected chi connectivity index (χ4v) is 0.867. The third kappa shape index (κ3) is 3.39. The first-order valence-corrected chi connectivity index (χ1v) is 4.20. The predicted octanol–water partition coefficient (Wildman–Crippen LogP) is 1.14. The van der Waals surface area contributed by atoms with Crippen LogP contribution in [0.25, 0.3) is 0 Å². The van der Waals surface area contributed by atoms with Gasteiger partial charge in [-0.05, 0) is 0 Å². The molecule has 3 N–H and O–H groups in total. The number of hydrogen-bond donors (Lipinski definition) is 2. The largest absolute Gasteiger partial charge is 0.363 e. The van der Waals surface area contributed by atoms with Crippen molar-refractivity contribution >= 4 is 17.4 Å². The van der Waals surface area contributed by atoms with E-state index >= 15 is 0 Å². The molecule has 0 radical (unpaired) electrons. The third-order valence-electron chi connectivity index (χ3n) is 1.43. The highest BCUT2D eigenvalue weighted by Crippen LogP contribution is 2.13. The van der Waals surface area contributed by atoms with E-state index in [9.17, 15) is 8.78 Å². The molecule has 0 aliphatic carbocycles. The Labute approximate surface area is 84.5 Å². The van der Waals surface area contributed by atoms with Gasteiger partial charge < -0.3 is 11.1 Å². The van der Waals surface area contributed by atoms with Gasteiger partial charge in [0.05, 0.1) is 25.5 Å². The monoisotopic (exact) mass is 222 g/mol. The molecule has 1 rings (SSSR count). The zero-order valence-corrected chi connectivity index (χ0v) is 7.93. The first-order chi connectivity index (χ1) is 6.53. The Hall–Kier alpha value is -1.01. The van der Waals surface area contributed by atoms with Crippen molar-refractivity contribution in [2.45, 2.75) is 5.92 Å². The zero-order chi connectivity index (χ0) is 10.6. The molecule has 0 aromatic carbocycles. The fourth-order valence-electron chi connectivity index (χ4n) is 0.719. The van der Waals surface area contributed by atoms with E-state index in [0.29, 0.717) is 0 Å². The maximum atomic E-state index is 12.7. The van der Waals surface area contributed by atoms with E-state index in [-0.39, 0.29) is 11.0 Å². The lowest BCUT2D eigenvalue weighted by molar-refractivity contribution is 0.0253. The molecule has 78 valence electrons. The Balaban J connectivity index is 2.54. The summed E-state index contributed by atoms with van der Waals surface area (Å²) in [4.78, 5) is 7.41. The van der Waals surface area contributed by atoms with E-state index in [2.05, 4.69) is 15.3 Å². The van der Waals surface area contributed by atoms with Crippen LogP contribution in [0.3, 0.4) is 0 Å². The van der Waals surface area contributed by atoms with Gasteiger partial charge >= 0.3 is 0 Å². The molecule has 0 spiro atoms. The Morgan fingerprint density at radius 2 is 2.21 bits per heavy atom. The molecule has 1 heterocycles. The normalized spacial score (nSPS) is 11.4. The van der Waals surface area contributed by atoms with Crippen LogP contribution in [0, 0.1) is 0 Å². The Morgan fingerprint density at radius 1 is 1.50 bits per heavy atom. The average Bonchev–Trinajstić information content (AvgIpc) is 2.15. The number of anilines is 1. The quantitative estimate of drug-likeness (QED) is 0.802. The lowest BCUT2D eigenvalue weighted by atomic mass is 10.3. The lowest BCUT2D eigenvalue weighted by Gasteiger charge is -2.14. The van der Waals surface area contributed by atoms with Gasteiger partial charge in [-0.3, -0.25) is 4.98 Å². The molecule has 0 unspecified atom stereocenters. The summed E-state index contributed by atoms with van der Waals surface area (Å²) in [6.07, 6.45) is 2.62. The molecule has 4 nitrogen and oxygen atoms in total. The molecular weight excluding hydrogens is 214 g/mol. The van der Waals surface area contributed by atoms with Crippen molar-refractivity contribution in [1.82, 2.24) is 9.97 Å². The number of rotatable bonds is 4. The zero-order valence-electron chi connectivity index (χ0n) is 7.17. The van der Waals surface area contributed by atoms with E-state index in [1.54, 1.807) is 0 Å². The molecule has 14 heavy (non-hydrogen) atoms. The van der Waals surface area contributed by atoms with Gasteiger partial charge in [0.15, 0.2) is 0 Å². The van der Waals surface area contributed by atoms with Gasteiger partial charge in [-0.15, -0.1) is 0 Å². The number of halogens is 3. The summed E-state index contributed by atoms with van der Waals surface area (Å²) in [5, 5.41) is 2.53. The first-order valence-electron chi connectivity index (χ1n) is 3.83. The summed E-state index contributed by atoms with van der Waals surface area (Å²) >= 11 is 5.50. The standard InChI is InChI=1S/C7H9ClF2N4/c8-5-1-12-2-6(14-5)13-4-7(9,10)3-11/h1-2H,3-4,11H2,(H,13,14). The topological polar surface area (TPSA) is 63.8 Å². The highest BCUT2D eigenvalue weighted by atomic mass is 35.5. The second kappa shape index (κ2) is 4.47. The molecule has 7 heteroatoms. The molecular formula is C7H9ClF2N4. The maximum absolute atomic E-state index is 12.7. The number of nitrogens with one attached hydrogen (secondary N) is 1. The van der Waals surface area contributed by atoms with E-state index in [4.69, 9.17) is 17.3 Å². The van der Waals surface area contributed by atoms with E-state index in [1.165, 1.54) is 12.4 Å². The first kappa shape index (κ1) is 11.1. The van der Waals surface area contributed by atoms with Gasteiger partial charge in [0.25, 0.3) is 5.92 Å². The van der Waals surface area contributed by atoms with Crippen molar-refractivity contribution in [3.63, 3.8) is 0 Å². The summed E-state index contributed by atoms with van der Waals surface area (Å²) in [5.74, 6) is -2.75. The van der Waals surface area contributed by atoms with Crippen LogP contribution in [0.1, 0.15) is 0 Å². The van der Waals surface area contributed by atoms with Crippen molar-refractivity contribution in [3.8, 4) is 0 Å². The predicted molar refractivity (Wildman–Crippen MR) is 49.5 cm³/mol. The molecule has 0 amide bonds. The van der Waals surface area contributed by atoms with Crippen LogP contribution in [-0.2, 0) is 0 Å². The van der Waals surface area contributed by atoms with Crippen LogP contribution in [-0.4, -0.2) is 29.0 Å². The second-order valence-corrected chi connectivity index (χ2v) is 3.03. The molecule has 0 fully saturated rings. The van der Waals surface area contributed by atoms with E-state index in [1.807, 2.05) is 0 Å². The smallest absolute Gasteiger partial charge is 0.276 e. The Kier molecular flexibility index (Phi) is 3.54. The van der Waals surface area contributed by atoms with Crippen LogP contribution in [0.5, 0.6) is 0 Å². The molecule has 0 aliphatic rings. The van der Waals surface area contributed by atoms with E-state index in [0.717, 1.165) is 0 Å². The molecule has 0 saturated carbocycles. The molecule has 1 aromatic rings. The number of nitrogens with zero attached hydrogens (tertiary/aromatic N) is 2. The molecule has 0 bridgehead atoms. The summed E-state index contributed by atoms with van der Waals surface area (Å²) in [5.41, 5.74) is 4.85. The van der Waals surface area contributed by atoms with Crippen LogP contribution >= 0.6 is 11.6 Å². The number of alkyl halides is 2. The van der Waals surface area contributed by atoms with Gasteiger partial charge in [-0.2, -0.15) is 0 Å². The van der Waals surface area contributed by atoms with Crippen LogP contribution in [0.15, 0.2) is 12.4 Å². The highest BCUT2D eigenvalue weighted by Gasteiger charge is 2.26. The Bertz CT molecular complexity index is 307. The van der Waals surface area contributed by atoms with Crippen molar-refractivity contribution < 1.29 is 8.78 Å². The fraction of sp³-hybridized carbons (Fsp3) is 0.429. The maximum Gasteiger partial charge on any atom is 0.276 e. The summed E-state index contributed by atoms with van der Waals surface area (Å²) in [6, 6.07) is 0. The minimum atomic E-state index is -2.95. The van der Waals surface area contributed by atoms with Gasteiger partial charge in [-0.1, -0.05) is 11.6 Å². The minimum Gasteiger partial charge on any atom is -0.363 e. The van der Waals surface area contributed by atoms with Crippen LogP contribution < -0.4 is 11.1 Å². The van der Waals surface area contributed by atoms with Crippen LogP contribution in [0.2, 0.25) is 5.15 Å². The molecule has 0 atom stereocenters. The number of aromatic nitrogens is 2. The summed E-state index contributed by atoms with van der Waals surface area (Å²) < 4.78 is 25.3. The van der Waals surface area contributed by atoms with Gasteiger partial charge in [0, 0.05) is 0 Å². The van der Waals surface area contributed by atoms with Crippen molar-refractivity contribution in [2.75, 3.05) is 18.4 Å². The number of hydrogen-bond acceptors (Lipinski definition) is 4. The highest BCUT2D eigenvalue weighted by molar-refractivity contribution is 6.29. The van der Waals surface area contributed by atoms with Crippen molar-refractivity contribution in [2.24, 2.45) is 5.73 Å². The van der Waals surface area contributed by atoms with Gasteiger partial charge in [0.2, 0.25) is 0 Å². The Morgan fingerprint density at radius 3 is 2.79 bits per heavy atom. The second-order valence-electron chi connectivity index (χ2n) is 2.64. The lowest BCUT2D eigenvalue weighted by Crippen LogP contribution is -2.35. The average molecular weight is 223 g/mol. The van der Waals surface area contributed by atoms with Gasteiger partial charge in [-0.25, -0.2) is 13.8 Å². The molecule has 0 aliphatic heterocycles. The minimum absolute atomic E-state index is 0.145. The van der Waals surface area contributed by atoms with Gasteiger partial charge in [0.1, 0.15) is 11.0 Å². The third-order valence-corrected chi connectivity index (χ3v) is 1.61. The number of nitrogens with two attached hydrogens (primary N) is 1.